The summed E-state index contributed by atoms with van der Waals surface area (Å²) in [7, 11) is 1.52. The summed E-state index contributed by atoms with van der Waals surface area (Å²) in [6.07, 6.45) is 64.6. The molecule has 0 aromatic carbocycles. The fourth-order valence-electron chi connectivity index (χ4n) is 5.46. The maximum atomic E-state index is 12.7. The minimum atomic E-state index is -4.33. The van der Waals surface area contributed by atoms with Crippen LogP contribution in [0.15, 0.2) is 134 Å². The third-order valence-electron chi connectivity index (χ3n) is 9.13. The SMILES string of the molecule is CC/C=C\C/C=C\C/C=C\C/C=C\C/C=C\C/C=C\C/C=C\C/C=C\C/C=C\C/C=C\CCCCCCC(=O)NC(COP(=O)(O)OCC[N+](C)(C)C)C(O)/C=C/CCCC. The second-order valence-electron chi connectivity index (χ2n) is 16.0. The third-order valence-corrected chi connectivity index (χ3v) is 10.1. The predicted octanol–water partition coefficient (Wildman–Crippen LogP) is 13.2. The van der Waals surface area contributed by atoms with Gasteiger partial charge in [0.05, 0.1) is 39.9 Å². The molecule has 61 heavy (non-hydrogen) atoms. The predicted molar refractivity (Wildman–Crippen MR) is 262 cm³/mol. The van der Waals surface area contributed by atoms with Crippen molar-refractivity contribution in [1.82, 2.24) is 5.32 Å². The van der Waals surface area contributed by atoms with E-state index in [9.17, 15) is 19.4 Å². The van der Waals surface area contributed by atoms with Crippen LogP contribution in [-0.2, 0) is 18.4 Å². The molecular formula is C52H86N2O6P+. The molecular weight excluding hydrogens is 780 g/mol. The highest BCUT2D eigenvalue weighted by molar-refractivity contribution is 7.47. The zero-order valence-electron chi connectivity index (χ0n) is 38.8. The number of carbonyl (C=O) groups is 1. The highest BCUT2D eigenvalue weighted by Gasteiger charge is 2.27. The molecule has 0 spiro atoms. The van der Waals surface area contributed by atoms with Crippen LogP contribution in [0.4, 0.5) is 0 Å². The van der Waals surface area contributed by atoms with Crippen LogP contribution < -0.4 is 5.32 Å². The average molecular weight is 866 g/mol. The molecule has 344 valence electrons. The Hall–Kier alpha value is -3.36. The van der Waals surface area contributed by atoms with Crippen molar-refractivity contribution in [2.45, 2.75) is 148 Å². The van der Waals surface area contributed by atoms with E-state index < -0.39 is 20.0 Å². The summed E-state index contributed by atoms with van der Waals surface area (Å²) in [6, 6.07) is -0.865. The number of amides is 1. The lowest BCUT2D eigenvalue weighted by atomic mass is 10.1. The van der Waals surface area contributed by atoms with Crippen molar-refractivity contribution in [3.63, 3.8) is 0 Å². The zero-order valence-corrected chi connectivity index (χ0v) is 39.7. The first-order valence-electron chi connectivity index (χ1n) is 23.1. The molecule has 0 radical (unpaired) electrons. The van der Waals surface area contributed by atoms with Crippen LogP contribution in [0, 0.1) is 0 Å². The van der Waals surface area contributed by atoms with Crippen LogP contribution in [0.1, 0.15) is 136 Å². The molecule has 0 heterocycles. The number of phosphoric ester groups is 1. The summed E-state index contributed by atoms with van der Waals surface area (Å²) >= 11 is 0. The molecule has 0 aromatic rings. The van der Waals surface area contributed by atoms with E-state index in [1.807, 2.05) is 27.2 Å². The van der Waals surface area contributed by atoms with E-state index in [0.29, 0.717) is 17.4 Å². The van der Waals surface area contributed by atoms with Crippen LogP contribution >= 0.6 is 7.82 Å². The Morgan fingerprint density at radius 3 is 1.41 bits per heavy atom. The van der Waals surface area contributed by atoms with Crippen LogP contribution in [0.3, 0.4) is 0 Å². The Morgan fingerprint density at radius 1 is 0.574 bits per heavy atom. The van der Waals surface area contributed by atoms with Gasteiger partial charge in [-0.2, -0.15) is 0 Å². The minimum Gasteiger partial charge on any atom is -0.387 e. The van der Waals surface area contributed by atoms with Gasteiger partial charge in [-0.05, 0) is 89.9 Å². The lowest BCUT2D eigenvalue weighted by molar-refractivity contribution is -0.870. The molecule has 0 saturated carbocycles. The highest BCUT2D eigenvalue weighted by Crippen LogP contribution is 2.43. The normalized spacial score (nSPS) is 15.5. The fourth-order valence-corrected chi connectivity index (χ4v) is 6.20. The van der Waals surface area contributed by atoms with Crippen molar-refractivity contribution >= 4 is 13.7 Å². The Bertz CT molecular complexity index is 1440. The summed E-state index contributed by atoms with van der Waals surface area (Å²) < 4.78 is 23.3. The first-order chi connectivity index (χ1) is 29.5. The largest absolute Gasteiger partial charge is 0.472 e. The number of carbonyl (C=O) groups excluding carboxylic acids is 1. The Labute approximate surface area is 373 Å². The Morgan fingerprint density at radius 2 is 0.984 bits per heavy atom. The van der Waals surface area contributed by atoms with E-state index in [2.05, 4.69) is 141 Å². The molecule has 9 heteroatoms. The first-order valence-corrected chi connectivity index (χ1v) is 24.6. The van der Waals surface area contributed by atoms with Gasteiger partial charge in [0.15, 0.2) is 0 Å². The van der Waals surface area contributed by atoms with E-state index in [0.717, 1.165) is 116 Å². The maximum Gasteiger partial charge on any atom is 0.472 e. The summed E-state index contributed by atoms with van der Waals surface area (Å²) in [5.41, 5.74) is 0. The van der Waals surface area contributed by atoms with Crippen molar-refractivity contribution < 1.29 is 32.9 Å². The molecule has 0 aromatic heterocycles. The number of hydrogen-bond donors (Lipinski definition) is 3. The molecule has 0 aliphatic rings. The molecule has 1 amide bonds. The molecule has 8 nitrogen and oxygen atoms in total. The van der Waals surface area contributed by atoms with Crippen molar-refractivity contribution in [2.75, 3.05) is 40.9 Å². The molecule has 0 aliphatic carbocycles. The third kappa shape index (κ3) is 44.5. The number of nitrogens with one attached hydrogen (secondary N) is 1. The summed E-state index contributed by atoms with van der Waals surface area (Å²) in [5, 5.41) is 13.5. The first kappa shape index (κ1) is 57.6. The molecule has 0 bridgehead atoms. The number of nitrogens with zero attached hydrogens (tertiary/aromatic N) is 1. The molecule has 0 rings (SSSR count). The van der Waals surface area contributed by atoms with E-state index in [4.69, 9.17) is 9.05 Å². The van der Waals surface area contributed by atoms with Gasteiger partial charge in [-0.1, -0.05) is 173 Å². The lowest BCUT2D eigenvalue weighted by Crippen LogP contribution is -2.45. The van der Waals surface area contributed by atoms with Crippen LogP contribution in [0.2, 0.25) is 0 Å². The quantitative estimate of drug-likeness (QED) is 0.0246. The van der Waals surface area contributed by atoms with Crippen molar-refractivity contribution in [2.24, 2.45) is 0 Å². The number of aliphatic hydroxyl groups is 1. The number of allylic oxidation sites excluding steroid dienone is 21. The van der Waals surface area contributed by atoms with Crippen LogP contribution in [0.25, 0.3) is 0 Å². The zero-order chi connectivity index (χ0) is 45.0. The lowest BCUT2D eigenvalue weighted by Gasteiger charge is -2.25. The molecule has 3 atom stereocenters. The van der Waals surface area contributed by atoms with Gasteiger partial charge in [0, 0.05) is 6.42 Å². The van der Waals surface area contributed by atoms with E-state index in [1.165, 1.54) is 0 Å². The molecule has 0 saturated heterocycles. The van der Waals surface area contributed by atoms with Crippen LogP contribution in [-0.4, -0.2) is 73.4 Å². The molecule has 3 unspecified atom stereocenters. The molecule has 0 aliphatic heterocycles. The van der Waals surface area contributed by atoms with Crippen molar-refractivity contribution in [3.05, 3.63) is 134 Å². The number of hydrogen-bond acceptors (Lipinski definition) is 5. The van der Waals surface area contributed by atoms with Gasteiger partial charge in [-0.3, -0.25) is 13.8 Å². The topological polar surface area (TPSA) is 105 Å². The molecule has 3 N–H and O–H groups in total. The van der Waals surface area contributed by atoms with Gasteiger partial charge in [-0.25, -0.2) is 4.57 Å². The van der Waals surface area contributed by atoms with Gasteiger partial charge < -0.3 is 19.8 Å². The van der Waals surface area contributed by atoms with E-state index in [-0.39, 0.29) is 19.1 Å². The maximum absolute atomic E-state index is 12.7. The second kappa shape index (κ2) is 42.0. The average Bonchev–Trinajstić information content (AvgIpc) is 3.21. The van der Waals surface area contributed by atoms with E-state index >= 15 is 0 Å². The van der Waals surface area contributed by atoms with Crippen molar-refractivity contribution in [3.8, 4) is 0 Å². The van der Waals surface area contributed by atoms with Gasteiger partial charge in [0.1, 0.15) is 13.2 Å². The standard InChI is InChI=1S/C52H85N2O6P/c1-6-8-10-12-13-14-15-16-17-18-19-20-21-22-23-24-25-26-27-28-29-30-31-32-33-34-35-36-37-38-39-40-41-42-44-46-52(56)53-50(51(55)45-43-11-9-7-2)49-60-61(57,58)59-48-47-54(3,4)5/h8,10,13-14,16-17,19-20,22-23,25-26,28-29,31-32,34-35,37-38,43,45,50-51,55H,6-7,9,11-12,15,18,21,24,27,30,33,36,39-42,44,46-49H2,1-5H3,(H-,53,56,57,58)/p+1/b10-8-,14-13-,17-16-,20-19-,23-22-,26-25-,29-28-,32-31-,35-34-,38-37-,45-43+. The summed E-state index contributed by atoms with van der Waals surface area (Å²) in [5.74, 6) is -0.219. The fraction of sp³-hybridized carbons (Fsp3) is 0.558. The van der Waals surface area contributed by atoms with Crippen molar-refractivity contribution in [1.29, 1.82) is 0 Å². The number of phosphoric acid groups is 1. The van der Waals surface area contributed by atoms with Gasteiger partial charge >= 0.3 is 7.82 Å². The van der Waals surface area contributed by atoms with Gasteiger partial charge in [0.25, 0.3) is 0 Å². The molecule has 0 fully saturated rings. The monoisotopic (exact) mass is 866 g/mol. The van der Waals surface area contributed by atoms with Crippen LogP contribution in [0.5, 0.6) is 0 Å². The Balaban J connectivity index is 4.07. The number of likely N-dealkylation sites (N-methyl/N-ethyl adjacent to an activating group) is 1. The Kier molecular flexibility index (Phi) is 39.7. The van der Waals surface area contributed by atoms with E-state index in [1.54, 1.807) is 6.08 Å². The summed E-state index contributed by atoms with van der Waals surface area (Å²) in [4.78, 5) is 22.9. The summed E-state index contributed by atoms with van der Waals surface area (Å²) in [6.45, 7) is 4.48. The minimum absolute atomic E-state index is 0.0468. The smallest absolute Gasteiger partial charge is 0.387 e. The second-order valence-corrected chi connectivity index (χ2v) is 17.5. The number of rotatable bonds is 39. The number of unbranched alkanes of at least 4 members (excludes halogenated alkanes) is 6. The highest BCUT2D eigenvalue weighted by atomic mass is 31.2. The van der Waals surface area contributed by atoms with Gasteiger partial charge in [0.2, 0.25) is 5.91 Å². The van der Waals surface area contributed by atoms with Gasteiger partial charge in [-0.15, -0.1) is 0 Å². The number of quaternary nitrogens is 1. The number of aliphatic hydroxyl groups excluding tert-OH is 1.